The molecule has 0 aromatic rings. The molecule has 0 radical (unpaired) electrons. The number of allylic oxidation sites excluding steroid dienone is 1. The van der Waals surface area contributed by atoms with Gasteiger partial charge in [0.05, 0.1) is 0 Å². The summed E-state index contributed by atoms with van der Waals surface area (Å²) < 4.78 is 22.0. The molecule has 0 N–H and O–H groups in total. The number of rotatable bonds is 1. The molecule has 0 heterocycles. The molecule has 0 bridgehead atoms. The van der Waals surface area contributed by atoms with Gasteiger partial charge in [0.25, 0.3) is 6.43 Å². The van der Waals surface area contributed by atoms with Crippen molar-refractivity contribution in [2.45, 2.75) is 6.43 Å². The minimum Gasteiger partial charge on any atom is -0.204 e. The van der Waals surface area contributed by atoms with E-state index in [0.717, 1.165) is 0 Å². The van der Waals surface area contributed by atoms with Gasteiger partial charge in [0.1, 0.15) is 0 Å². The van der Waals surface area contributed by atoms with Gasteiger partial charge in [0.15, 0.2) is 0 Å². The van der Waals surface area contributed by atoms with Crippen LogP contribution in [0.3, 0.4) is 0 Å². The normalized spacial score (nSPS) is 9.33. The zero-order valence-electron chi connectivity index (χ0n) is 2.99. The molecule has 0 aliphatic heterocycles. The molecule has 0 amide bonds. The van der Waals surface area contributed by atoms with Crippen molar-refractivity contribution in [1.82, 2.24) is 0 Å². The van der Waals surface area contributed by atoms with Crippen LogP contribution in [0.15, 0.2) is 11.5 Å². The van der Waals surface area contributed by atoms with Crippen LogP contribution in [0.25, 0.3) is 0 Å². The van der Waals surface area contributed by atoms with Gasteiger partial charge in [-0.3, -0.25) is 0 Å². The van der Waals surface area contributed by atoms with Crippen molar-refractivity contribution in [3.63, 3.8) is 0 Å². The van der Waals surface area contributed by atoms with E-state index in [0.29, 0.717) is 0 Å². The minimum atomic E-state index is -2.48. The van der Waals surface area contributed by atoms with Crippen LogP contribution in [0.1, 0.15) is 0 Å². The summed E-state index contributed by atoms with van der Waals surface area (Å²) in [5, 5.41) is 0. The minimum absolute atomic E-state index is 0.380. The van der Waals surface area contributed by atoms with Crippen LogP contribution in [0.2, 0.25) is 0 Å². The third kappa shape index (κ3) is 2.20. The monoisotopic (exact) mass is 110 g/mol. The maximum absolute atomic E-state index is 11.0. The Morgan fingerprint density at radius 1 is 1.67 bits per heavy atom. The lowest BCUT2D eigenvalue weighted by Gasteiger charge is -1.87. The van der Waals surface area contributed by atoms with E-state index >= 15 is 0 Å². The first-order valence-corrected chi connectivity index (χ1v) is 1.75. The van der Waals surface area contributed by atoms with Crippen molar-refractivity contribution >= 4 is 12.6 Å². The van der Waals surface area contributed by atoms with E-state index < -0.39 is 6.43 Å². The van der Waals surface area contributed by atoms with E-state index in [-0.39, 0.29) is 4.91 Å². The molecule has 36 valence electrons. The van der Waals surface area contributed by atoms with Crippen LogP contribution in [-0.4, -0.2) is 6.43 Å². The highest BCUT2D eigenvalue weighted by Crippen LogP contribution is 2.07. The Balaban J connectivity index is 3.26. The lowest BCUT2D eigenvalue weighted by atomic mass is 10.7. The smallest absolute Gasteiger partial charge is 0.204 e. The second-order valence-electron chi connectivity index (χ2n) is 0.792. The molecule has 0 saturated heterocycles. The zero-order chi connectivity index (χ0) is 5.15. The quantitative estimate of drug-likeness (QED) is 0.488. The van der Waals surface area contributed by atoms with Gasteiger partial charge in [-0.05, 0) is 0 Å². The van der Waals surface area contributed by atoms with Crippen LogP contribution in [0, 0.1) is 0 Å². The number of hydrogen-bond donors (Lipinski definition) is 1. The second kappa shape index (κ2) is 2.18. The molecule has 0 fully saturated rings. The summed E-state index contributed by atoms with van der Waals surface area (Å²) in [6, 6.07) is 0. The fourth-order valence-electron chi connectivity index (χ4n) is 0. The van der Waals surface area contributed by atoms with E-state index in [1.807, 2.05) is 0 Å². The molecule has 0 spiro atoms. The molecule has 3 heteroatoms. The van der Waals surface area contributed by atoms with Crippen molar-refractivity contribution in [1.29, 1.82) is 0 Å². The topological polar surface area (TPSA) is 0 Å². The van der Waals surface area contributed by atoms with Gasteiger partial charge in [0, 0.05) is 4.91 Å². The van der Waals surface area contributed by atoms with Crippen molar-refractivity contribution < 1.29 is 8.78 Å². The Labute approximate surface area is 40.3 Å². The first kappa shape index (κ1) is 5.95. The molecule has 0 aliphatic rings. The second-order valence-corrected chi connectivity index (χ2v) is 1.37. The van der Waals surface area contributed by atoms with E-state index in [1.165, 1.54) is 0 Å². The lowest BCUT2D eigenvalue weighted by Crippen LogP contribution is -1.84. The van der Waals surface area contributed by atoms with Gasteiger partial charge in [0.2, 0.25) is 0 Å². The summed E-state index contributed by atoms with van der Waals surface area (Å²) in [4.78, 5) is -0.380. The summed E-state index contributed by atoms with van der Waals surface area (Å²) in [6.07, 6.45) is -2.48. The summed E-state index contributed by atoms with van der Waals surface area (Å²) in [5.74, 6) is 0. The van der Waals surface area contributed by atoms with E-state index in [9.17, 15) is 8.78 Å². The van der Waals surface area contributed by atoms with Crippen molar-refractivity contribution in [3.05, 3.63) is 11.5 Å². The Kier molecular flexibility index (Phi) is 2.16. The maximum Gasteiger partial charge on any atom is 0.268 e. The largest absolute Gasteiger partial charge is 0.268 e. The van der Waals surface area contributed by atoms with Crippen LogP contribution in [0.4, 0.5) is 8.78 Å². The molecular weight excluding hydrogens is 106 g/mol. The van der Waals surface area contributed by atoms with Gasteiger partial charge < -0.3 is 0 Å². The van der Waals surface area contributed by atoms with Crippen LogP contribution >= 0.6 is 12.6 Å². The predicted octanol–water partition coefficient (Wildman–Crippen LogP) is 1.69. The van der Waals surface area contributed by atoms with Crippen molar-refractivity contribution in [2.24, 2.45) is 0 Å². The summed E-state index contributed by atoms with van der Waals surface area (Å²) in [7, 11) is 0. The molecule has 0 aliphatic carbocycles. The van der Waals surface area contributed by atoms with Gasteiger partial charge in [-0.15, -0.1) is 12.6 Å². The fraction of sp³-hybridized carbons (Fsp3) is 0.333. The van der Waals surface area contributed by atoms with Gasteiger partial charge in [-0.1, -0.05) is 6.58 Å². The molecular formula is C3H4F2S. The first-order valence-electron chi connectivity index (χ1n) is 1.30. The van der Waals surface area contributed by atoms with Gasteiger partial charge >= 0.3 is 0 Å². The summed E-state index contributed by atoms with van der Waals surface area (Å²) in [6.45, 7) is 2.87. The SMILES string of the molecule is C=C(S)C(F)F. The Bertz CT molecular complexity index is 59.8. The molecule has 0 aromatic heterocycles. The highest BCUT2D eigenvalue weighted by atomic mass is 32.1. The molecule has 6 heavy (non-hydrogen) atoms. The van der Waals surface area contributed by atoms with Crippen LogP contribution < -0.4 is 0 Å². The van der Waals surface area contributed by atoms with Crippen LogP contribution in [0.5, 0.6) is 0 Å². The van der Waals surface area contributed by atoms with Gasteiger partial charge in [-0.25, -0.2) is 8.78 Å². The molecule has 0 unspecified atom stereocenters. The van der Waals surface area contributed by atoms with E-state index in [4.69, 9.17) is 0 Å². The lowest BCUT2D eigenvalue weighted by molar-refractivity contribution is 0.200. The molecule has 0 saturated carbocycles. The van der Waals surface area contributed by atoms with Crippen molar-refractivity contribution in [2.75, 3.05) is 0 Å². The molecule has 0 nitrogen and oxygen atoms in total. The third-order valence-corrected chi connectivity index (χ3v) is 0.447. The van der Waals surface area contributed by atoms with E-state index in [2.05, 4.69) is 19.2 Å². The fourth-order valence-corrected chi connectivity index (χ4v) is 0. The maximum atomic E-state index is 11.0. The predicted molar refractivity (Wildman–Crippen MR) is 24.1 cm³/mol. The molecule has 0 rings (SSSR count). The number of hydrogen-bond acceptors (Lipinski definition) is 1. The van der Waals surface area contributed by atoms with Gasteiger partial charge in [-0.2, -0.15) is 0 Å². The summed E-state index contributed by atoms with van der Waals surface area (Å²) in [5.41, 5.74) is 0. The third-order valence-electron chi connectivity index (χ3n) is 0.252. The van der Waals surface area contributed by atoms with E-state index in [1.54, 1.807) is 0 Å². The first-order chi connectivity index (χ1) is 2.64. The number of alkyl halides is 2. The summed E-state index contributed by atoms with van der Waals surface area (Å²) >= 11 is 3.25. The molecule has 0 aromatic carbocycles. The molecule has 0 atom stereocenters. The highest BCUT2D eigenvalue weighted by molar-refractivity contribution is 7.84. The number of halogens is 2. The Morgan fingerprint density at radius 2 is 1.83 bits per heavy atom. The zero-order valence-corrected chi connectivity index (χ0v) is 3.88. The van der Waals surface area contributed by atoms with Crippen LogP contribution in [-0.2, 0) is 0 Å². The standard InChI is InChI=1S/C3H4F2S/c1-2(6)3(4)5/h3,6H,1H2. The average molecular weight is 110 g/mol. The number of thiol groups is 1. The Hall–Kier alpha value is -0.0500. The highest BCUT2D eigenvalue weighted by Gasteiger charge is 1.99. The Morgan fingerprint density at radius 3 is 1.83 bits per heavy atom. The van der Waals surface area contributed by atoms with Crippen molar-refractivity contribution in [3.8, 4) is 0 Å². The average Bonchev–Trinajstić information content (AvgIpc) is 1.36.